The van der Waals surface area contributed by atoms with E-state index in [4.69, 9.17) is 27.9 Å². The highest BCUT2D eigenvalue weighted by molar-refractivity contribution is 7.89. The Morgan fingerprint density at radius 2 is 1.33 bits per heavy atom. The number of aryl methyl sites for hydroxylation is 1. The van der Waals surface area contributed by atoms with E-state index < -0.39 is 96.7 Å². The van der Waals surface area contributed by atoms with Gasteiger partial charge in [0.15, 0.2) is 10.5 Å². The number of amides is 4. The van der Waals surface area contributed by atoms with Crippen LogP contribution >= 0.6 is 23.2 Å². The van der Waals surface area contributed by atoms with Crippen molar-refractivity contribution in [3.05, 3.63) is 175 Å². The third-order valence-electron chi connectivity index (χ3n) is 15.1. The van der Waals surface area contributed by atoms with Crippen molar-refractivity contribution in [1.82, 2.24) is 24.3 Å². The molecule has 414 valence electrons. The molecule has 1 heterocycles. The summed E-state index contributed by atoms with van der Waals surface area (Å²) in [6.07, 6.45) is 2.79. The van der Waals surface area contributed by atoms with Crippen LogP contribution in [-0.2, 0) is 50.8 Å². The average molecular weight is 1120 g/mol. The van der Waals surface area contributed by atoms with E-state index in [0.29, 0.717) is 53.2 Å². The molecule has 1 aliphatic heterocycles. The predicted molar refractivity (Wildman–Crippen MR) is 299 cm³/mol. The van der Waals surface area contributed by atoms with Crippen molar-refractivity contribution >= 4 is 68.5 Å². The van der Waals surface area contributed by atoms with Gasteiger partial charge in [-0.25, -0.2) is 8.42 Å². The van der Waals surface area contributed by atoms with E-state index in [9.17, 15) is 23.3 Å². The molecular formula is C59H68Cl2N6O10S. The molecule has 0 aromatic heterocycles. The standard InChI is InChI=1S/C59H68Cl2N6O10S/c1-7-66(78(75,76)51-29-17-16-28-48(51)67(73)74)49(38-42-22-12-14-26-46(42)60)54(69)62-58(34-18-19-35-58)57(72)64(6)53(40(2)3)56(71)63(5)50(55(70)65-36-20-9-21-37-65)39-52(68)77-59(43-23-10-8-11-24-43,44-32-30-41(4)31-33-44)45-25-13-15-27-47(45)61/h8,10-17,22-33,40,49-50,53H,7,9,18-21,34-39H2,1-6H3,(H,62,69)/t49-,50-,53-,59?/m0/s1. The van der Waals surface area contributed by atoms with Crippen LogP contribution in [0.1, 0.15) is 100.0 Å². The number of piperidine rings is 1. The Balaban J connectivity index is 1.23. The van der Waals surface area contributed by atoms with Gasteiger partial charge in [0.2, 0.25) is 23.6 Å². The van der Waals surface area contributed by atoms with Gasteiger partial charge in [0, 0.05) is 66.5 Å². The molecule has 0 bridgehead atoms. The van der Waals surface area contributed by atoms with Gasteiger partial charge in [-0.2, -0.15) is 4.31 Å². The number of sulfonamides is 1. The molecule has 0 spiro atoms. The number of nitro benzene ring substituents is 1. The van der Waals surface area contributed by atoms with Crippen LogP contribution in [0.3, 0.4) is 0 Å². The van der Waals surface area contributed by atoms with Crippen LogP contribution in [0.5, 0.6) is 0 Å². The number of ether oxygens (including phenoxy) is 1. The van der Waals surface area contributed by atoms with Crippen LogP contribution in [0, 0.1) is 23.0 Å². The number of halogens is 2. The first kappa shape index (κ1) is 59.0. The Morgan fingerprint density at radius 1 is 0.756 bits per heavy atom. The summed E-state index contributed by atoms with van der Waals surface area (Å²) in [7, 11) is -1.86. The molecule has 4 atom stereocenters. The maximum atomic E-state index is 15.4. The summed E-state index contributed by atoms with van der Waals surface area (Å²) in [6.45, 7) is 7.48. The molecular weight excluding hydrogens is 1060 g/mol. The van der Waals surface area contributed by atoms with Gasteiger partial charge in [-0.15, -0.1) is 0 Å². The number of nitro groups is 1. The van der Waals surface area contributed by atoms with Gasteiger partial charge < -0.3 is 24.8 Å². The largest absolute Gasteiger partial charge is 0.444 e. The van der Waals surface area contributed by atoms with Crippen molar-refractivity contribution in [2.24, 2.45) is 5.92 Å². The SMILES string of the molecule is CCN([C@@H](Cc1ccccc1Cl)C(=O)NC1(C(=O)N(C)[C@H](C(=O)N(C)[C@@H](CC(=O)OC(c2ccccc2)(c2ccc(C)cc2)c2ccccc2Cl)C(=O)N2CCCCC2)C(C)C)CCCC1)S(=O)(=O)c1ccccc1[N+](=O)[O-]. The van der Waals surface area contributed by atoms with Crippen LogP contribution in [0.25, 0.3) is 0 Å². The second-order valence-electron chi connectivity index (χ2n) is 20.6. The van der Waals surface area contributed by atoms with Crippen molar-refractivity contribution in [3.8, 4) is 0 Å². The lowest BCUT2D eigenvalue weighted by molar-refractivity contribution is -0.387. The van der Waals surface area contributed by atoms with Gasteiger partial charge in [-0.1, -0.05) is 166 Å². The second kappa shape index (κ2) is 25.4. The van der Waals surface area contributed by atoms with E-state index in [-0.39, 0.29) is 30.8 Å². The number of benzene rings is 5. The number of hydrogen-bond acceptors (Lipinski definition) is 10. The predicted octanol–water partition coefficient (Wildman–Crippen LogP) is 9.51. The van der Waals surface area contributed by atoms with Gasteiger partial charge in [-0.05, 0) is 75.1 Å². The van der Waals surface area contributed by atoms with E-state index in [2.05, 4.69) is 5.32 Å². The second-order valence-corrected chi connectivity index (χ2v) is 23.2. The maximum Gasteiger partial charge on any atom is 0.310 e. The zero-order chi connectivity index (χ0) is 56.5. The Kier molecular flexibility index (Phi) is 19.2. The number of nitrogens with one attached hydrogen (secondary N) is 1. The third kappa shape index (κ3) is 12.4. The molecule has 1 aliphatic carbocycles. The summed E-state index contributed by atoms with van der Waals surface area (Å²) in [5.41, 5.74) is -0.886. The summed E-state index contributed by atoms with van der Waals surface area (Å²) >= 11 is 13.6. The molecule has 2 aliphatic rings. The van der Waals surface area contributed by atoms with Gasteiger partial charge >= 0.3 is 5.97 Å². The number of carbonyl (C=O) groups is 5. The van der Waals surface area contributed by atoms with Crippen molar-refractivity contribution in [1.29, 1.82) is 0 Å². The molecule has 1 unspecified atom stereocenters. The number of para-hydroxylation sites is 1. The van der Waals surface area contributed by atoms with E-state index in [1.165, 1.54) is 43.0 Å². The summed E-state index contributed by atoms with van der Waals surface area (Å²) in [5.74, 6) is -3.97. The highest BCUT2D eigenvalue weighted by Crippen LogP contribution is 2.44. The first-order valence-electron chi connectivity index (χ1n) is 26.4. The van der Waals surface area contributed by atoms with Crippen molar-refractivity contribution in [2.75, 3.05) is 33.7 Å². The first-order chi connectivity index (χ1) is 37.2. The molecule has 16 nitrogen and oxygen atoms in total. The molecule has 2 fully saturated rings. The number of esters is 1. The van der Waals surface area contributed by atoms with E-state index in [1.54, 1.807) is 67.3 Å². The number of nitrogens with zero attached hydrogens (tertiary/aromatic N) is 5. The van der Waals surface area contributed by atoms with Crippen LogP contribution in [0.2, 0.25) is 10.0 Å². The first-order valence-corrected chi connectivity index (χ1v) is 28.6. The highest BCUT2D eigenvalue weighted by Gasteiger charge is 2.51. The fourth-order valence-corrected chi connectivity index (χ4v) is 13.3. The normalized spacial score (nSPS) is 16.4. The summed E-state index contributed by atoms with van der Waals surface area (Å²) < 4.78 is 36.8. The zero-order valence-corrected chi connectivity index (χ0v) is 47.2. The number of carbonyl (C=O) groups excluding carboxylic acids is 5. The lowest BCUT2D eigenvalue weighted by Gasteiger charge is -2.42. The number of rotatable bonds is 21. The molecule has 5 aromatic carbocycles. The molecule has 78 heavy (non-hydrogen) atoms. The lowest BCUT2D eigenvalue weighted by Crippen LogP contribution is -2.65. The average Bonchev–Trinajstić information content (AvgIpc) is 4.00. The molecule has 4 amide bonds. The number of hydrogen-bond donors (Lipinski definition) is 1. The molecule has 19 heteroatoms. The van der Waals surface area contributed by atoms with Gasteiger partial charge in [0.05, 0.1) is 11.3 Å². The molecule has 0 radical (unpaired) electrons. The van der Waals surface area contributed by atoms with Gasteiger partial charge in [0.25, 0.3) is 15.7 Å². The fraction of sp³-hybridized carbons (Fsp3) is 0.407. The van der Waals surface area contributed by atoms with E-state index in [0.717, 1.165) is 41.3 Å². The summed E-state index contributed by atoms with van der Waals surface area (Å²) in [6, 6.07) is 31.0. The Hall–Kier alpha value is -6.66. The minimum Gasteiger partial charge on any atom is -0.444 e. The number of likely N-dealkylation sites (N-methyl/N-ethyl adjacent to an activating group) is 3. The van der Waals surface area contributed by atoms with Crippen molar-refractivity contribution in [3.63, 3.8) is 0 Å². The van der Waals surface area contributed by atoms with Crippen LogP contribution in [-0.4, -0.2) is 119 Å². The van der Waals surface area contributed by atoms with Crippen LogP contribution < -0.4 is 5.32 Å². The molecule has 1 N–H and O–H groups in total. The Bertz CT molecular complexity index is 3100. The fourth-order valence-electron chi connectivity index (χ4n) is 11.1. The van der Waals surface area contributed by atoms with Crippen molar-refractivity contribution < 1.29 is 42.1 Å². The minimum absolute atomic E-state index is 0.135. The summed E-state index contributed by atoms with van der Waals surface area (Å²) in [4.78, 5) is 90.7. The van der Waals surface area contributed by atoms with Gasteiger partial charge in [-0.3, -0.25) is 34.1 Å². The topological polar surface area (TPSA) is 197 Å². The van der Waals surface area contributed by atoms with Crippen LogP contribution in [0.15, 0.2) is 132 Å². The molecule has 1 saturated heterocycles. The van der Waals surface area contributed by atoms with E-state index in [1.807, 2.05) is 61.5 Å². The third-order valence-corrected chi connectivity index (χ3v) is 17.8. The highest BCUT2D eigenvalue weighted by atomic mass is 35.5. The summed E-state index contributed by atoms with van der Waals surface area (Å²) in [5, 5.41) is 15.7. The smallest absolute Gasteiger partial charge is 0.310 e. The van der Waals surface area contributed by atoms with Crippen LogP contribution in [0.4, 0.5) is 5.69 Å². The number of likely N-dealkylation sites (tertiary alicyclic amines) is 1. The molecule has 7 rings (SSSR count). The molecule has 1 saturated carbocycles. The lowest BCUT2D eigenvalue weighted by atomic mass is 9.79. The Morgan fingerprint density at radius 3 is 1.94 bits per heavy atom. The molecule has 5 aromatic rings. The van der Waals surface area contributed by atoms with Gasteiger partial charge in [0.1, 0.15) is 23.7 Å². The maximum absolute atomic E-state index is 15.4. The van der Waals surface area contributed by atoms with E-state index >= 15 is 19.2 Å². The van der Waals surface area contributed by atoms with Crippen molar-refractivity contribution in [2.45, 2.75) is 120 Å². The quantitative estimate of drug-likeness (QED) is 0.0320. The zero-order valence-electron chi connectivity index (χ0n) is 44.9. The Labute approximate surface area is 467 Å². The monoisotopic (exact) mass is 1120 g/mol. The minimum atomic E-state index is -4.76.